The van der Waals surface area contributed by atoms with E-state index in [1.807, 2.05) is 58.0 Å². The van der Waals surface area contributed by atoms with E-state index in [0.717, 1.165) is 5.30 Å². The molecule has 0 fully saturated rings. The molecule has 1 heterocycles. The quantitative estimate of drug-likeness (QED) is 0.288. The van der Waals surface area contributed by atoms with E-state index in [1.54, 1.807) is 6.20 Å². The molecule has 4 aromatic rings. The molecule has 0 aliphatic heterocycles. The van der Waals surface area contributed by atoms with Crippen LogP contribution in [-0.2, 0) is 13.6 Å². The van der Waals surface area contributed by atoms with Crippen molar-refractivity contribution in [1.29, 1.82) is 0 Å². The lowest BCUT2D eigenvalue weighted by atomic mass is 10.3. The Morgan fingerprint density at radius 2 is 1.03 bits per heavy atom. The Balaban J connectivity index is 2.04. The van der Waals surface area contributed by atoms with Crippen LogP contribution in [0.2, 0.25) is 0 Å². The highest BCUT2D eigenvalue weighted by Gasteiger charge is 2.48. The highest BCUT2D eigenvalue weighted by molar-refractivity contribution is 8.01. The Morgan fingerprint density at radius 1 is 0.629 bits per heavy atom. The zero-order valence-corrected chi connectivity index (χ0v) is 22.4. The average molecular weight is 505 g/mol. The molecule has 0 atom stereocenters. The minimum Gasteiger partial charge on any atom is -0.301 e. The molecule has 180 valence electrons. The largest absolute Gasteiger partial charge is 0.380 e. The van der Waals surface area contributed by atoms with E-state index in [4.69, 9.17) is 9.05 Å². The summed E-state index contributed by atoms with van der Waals surface area (Å²) < 4.78 is 25.8. The highest BCUT2D eigenvalue weighted by Crippen LogP contribution is 2.55. The summed E-state index contributed by atoms with van der Waals surface area (Å²) in [6.07, 6.45) is 1.18. The fraction of sp³-hybridized carbons (Fsp3) is 0.207. The Bertz CT molecular complexity index is 1170. The van der Waals surface area contributed by atoms with Gasteiger partial charge in [-0.05, 0) is 70.2 Å². The average Bonchev–Trinajstić information content (AvgIpc) is 2.86. The number of hydrogen-bond acceptors (Lipinski definition) is 4. The third kappa shape index (κ3) is 5.32. The normalized spacial score (nSPS) is 12.3. The molecule has 1 aromatic heterocycles. The third-order valence-corrected chi connectivity index (χ3v) is 12.0. The van der Waals surface area contributed by atoms with Crippen molar-refractivity contribution in [3.05, 3.63) is 109 Å². The van der Waals surface area contributed by atoms with Gasteiger partial charge in [-0.15, -0.1) is 0 Å². The predicted octanol–water partition coefficient (Wildman–Crippen LogP) is 5.37. The number of rotatable bonds is 9. The lowest BCUT2D eigenvalue weighted by molar-refractivity contribution is 0.149. The Labute approximate surface area is 209 Å². The van der Waals surface area contributed by atoms with Gasteiger partial charge in [0.1, 0.15) is 28.5 Å². The smallest absolute Gasteiger partial charge is 0.301 e. The number of hydrogen-bond donors (Lipinski definition) is 0. The molecule has 0 aliphatic rings. The topological polar surface area (TPSA) is 48.4 Å². The summed E-state index contributed by atoms with van der Waals surface area (Å²) in [5.41, 5.74) is 0.338. The highest BCUT2D eigenvalue weighted by atomic mass is 31.2. The van der Waals surface area contributed by atoms with Gasteiger partial charge in [0.2, 0.25) is 0 Å². The molecular formula is C29H32NO3P2+. The van der Waals surface area contributed by atoms with E-state index < -0.39 is 14.9 Å². The lowest BCUT2D eigenvalue weighted by Gasteiger charge is -2.28. The van der Waals surface area contributed by atoms with Crippen molar-refractivity contribution in [3.8, 4) is 0 Å². The first-order valence-corrected chi connectivity index (χ1v) is 15.2. The first-order chi connectivity index (χ1) is 16.9. The summed E-state index contributed by atoms with van der Waals surface area (Å²) in [6, 6.07) is 35.6. The molecule has 0 radical (unpaired) electrons. The zero-order valence-electron chi connectivity index (χ0n) is 20.6. The first kappa shape index (κ1) is 25.5. The minimum atomic E-state index is -3.65. The summed E-state index contributed by atoms with van der Waals surface area (Å²) in [6.45, 7) is 7.43. The van der Waals surface area contributed by atoms with Gasteiger partial charge in [-0.25, -0.2) is 4.98 Å². The van der Waals surface area contributed by atoms with Gasteiger partial charge in [0, 0.05) is 12.3 Å². The summed E-state index contributed by atoms with van der Waals surface area (Å²) >= 11 is 0. The molecule has 0 amide bonds. The van der Waals surface area contributed by atoms with Crippen LogP contribution >= 0.6 is 14.9 Å². The van der Waals surface area contributed by atoms with Crippen molar-refractivity contribution >= 4 is 41.5 Å². The second kappa shape index (κ2) is 11.0. The molecule has 0 saturated heterocycles. The van der Waals surface area contributed by atoms with Crippen molar-refractivity contribution in [2.45, 2.75) is 39.9 Å². The molecule has 0 bridgehead atoms. The molecule has 6 heteroatoms. The molecule has 3 aromatic carbocycles. The van der Waals surface area contributed by atoms with E-state index in [-0.39, 0.29) is 12.2 Å². The van der Waals surface area contributed by atoms with Crippen molar-refractivity contribution in [2.75, 3.05) is 0 Å². The van der Waals surface area contributed by atoms with E-state index in [0.29, 0.717) is 5.44 Å². The molecule has 4 rings (SSSR count). The molecule has 35 heavy (non-hydrogen) atoms. The van der Waals surface area contributed by atoms with Crippen molar-refractivity contribution in [2.24, 2.45) is 0 Å². The second-order valence-electron chi connectivity index (χ2n) is 8.86. The zero-order chi connectivity index (χ0) is 24.9. The fourth-order valence-corrected chi connectivity index (χ4v) is 10.5. The summed E-state index contributed by atoms with van der Waals surface area (Å²) in [4.78, 5) is 4.52. The monoisotopic (exact) mass is 504 g/mol. The molecule has 0 spiro atoms. The molecular weight excluding hydrogens is 472 g/mol. The van der Waals surface area contributed by atoms with Gasteiger partial charge >= 0.3 is 7.60 Å². The Kier molecular flexibility index (Phi) is 7.99. The van der Waals surface area contributed by atoms with E-state index >= 15 is 0 Å². The van der Waals surface area contributed by atoms with Gasteiger partial charge in [-0.3, -0.25) is 4.57 Å². The second-order valence-corrected chi connectivity index (χ2v) is 14.1. The standard InChI is InChI=1S/C29H32NO3P2/c1-23(2)32-35(31,33-24(3)4)29-22-28(20-21-30-29)34(25-14-8-5-9-15-25,26-16-10-6-11-17-26)27-18-12-7-13-19-27/h5-24H,1-4H3/q+1. The minimum absolute atomic E-state index is 0.276. The van der Waals surface area contributed by atoms with Crippen LogP contribution in [0.4, 0.5) is 0 Å². The predicted molar refractivity (Wildman–Crippen MR) is 149 cm³/mol. The van der Waals surface area contributed by atoms with Crippen LogP contribution in [0, 0.1) is 0 Å². The van der Waals surface area contributed by atoms with E-state index in [1.165, 1.54) is 15.9 Å². The molecule has 4 nitrogen and oxygen atoms in total. The van der Waals surface area contributed by atoms with Crippen LogP contribution in [0.1, 0.15) is 27.7 Å². The Morgan fingerprint density at radius 3 is 1.40 bits per heavy atom. The van der Waals surface area contributed by atoms with Crippen LogP contribution in [-0.4, -0.2) is 17.2 Å². The number of pyridine rings is 1. The van der Waals surface area contributed by atoms with Crippen LogP contribution in [0.5, 0.6) is 0 Å². The summed E-state index contributed by atoms with van der Waals surface area (Å²) in [5, 5.41) is 4.67. The van der Waals surface area contributed by atoms with Gasteiger partial charge in [0.05, 0.1) is 12.2 Å². The Hall–Kier alpha value is -2.61. The van der Waals surface area contributed by atoms with E-state index in [9.17, 15) is 4.57 Å². The maximum Gasteiger partial charge on any atom is 0.380 e. The number of nitrogens with zero attached hydrogens (tertiary/aromatic N) is 1. The maximum absolute atomic E-state index is 14.0. The molecule has 0 N–H and O–H groups in total. The molecule has 0 aliphatic carbocycles. The van der Waals surface area contributed by atoms with E-state index in [2.05, 4.69) is 77.8 Å². The van der Waals surface area contributed by atoms with Crippen LogP contribution < -0.4 is 26.7 Å². The van der Waals surface area contributed by atoms with Crippen molar-refractivity contribution in [1.82, 2.24) is 4.98 Å². The molecule has 0 unspecified atom stereocenters. The lowest BCUT2D eigenvalue weighted by Crippen LogP contribution is -2.40. The van der Waals surface area contributed by atoms with Crippen LogP contribution in [0.15, 0.2) is 109 Å². The van der Waals surface area contributed by atoms with Crippen molar-refractivity contribution in [3.63, 3.8) is 0 Å². The van der Waals surface area contributed by atoms with Crippen molar-refractivity contribution < 1.29 is 13.6 Å². The maximum atomic E-state index is 14.0. The van der Waals surface area contributed by atoms with Gasteiger partial charge in [-0.1, -0.05) is 54.6 Å². The van der Waals surface area contributed by atoms with Gasteiger partial charge < -0.3 is 9.05 Å². The van der Waals surface area contributed by atoms with Gasteiger partial charge in [0.25, 0.3) is 0 Å². The number of benzene rings is 3. The number of aromatic nitrogens is 1. The van der Waals surface area contributed by atoms with Crippen LogP contribution in [0.3, 0.4) is 0 Å². The SMILES string of the molecule is CC(C)OP(=O)(OC(C)C)c1cc([P+](c2ccccc2)(c2ccccc2)c2ccccc2)ccn1. The third-order valence-electron chi connectivity index (χ3n) is 5.53. The summed E-state index contributed by atoms with van der Waals surface area (Å²) in [5.74, 6) is 0. The summed E-state index contributed by atoms with van der Waals surface area (Å²) in [7, 11) is -5.99. The first-order valence-electron chi connectivity index (χ1n) is 11.9. The van der Waals surface area contributed by atoms with Crippen LogP contribution in [0.25, 0.3) is 0 Å². The van der Waals surface area contributed by atoms with Gasteiger partial charge in [-0.2, -0.15) is 0 Å². The molecule has 0 saturated carbocycles. The fourth-order valence-electron chi connectivity index (χ4n) is 4.30. The van der Waals surface area contributed by atoms with Gasteiger partial charge in [0.15, 0.2) is 5.44 Å².